The number of thiazole rings is 1. The molecule has 2 amide bonds. The van der Waals surface area contributed by atoms with Crippen molar-refractivity contribution >= 4 is 28.9 Å². The summed E-state index contributed by atoms with van der Waals surface area (Å²) < 4.78 is 0. The fourth-order valence-electron chi connectivity index (χ4n) is 6.34. The van der Waals surface area contributed by atoms with Crippen LogP contribution in [0.2, 0.25) is 0 Å². The fourth-order valence-corrected chi connectivity index (χ4v) is 7.11. The number of rotatable bonds is 10. The van der Waals surface area contributed by atoms with E-state index < -0.39 is 0 Å². The molecule has 0 radical (unpaired) electrons. The summed E-state index contributed by atoms with van der Waals surface area (Å²) in [5.74, 6) is -0.386. The smallest absolute Gasteiger partial charge is 0.224 e. The van der Waals surface area contributed by atoms with Crippen LogP contribution in [-0.4, -0.2) is 53.7 Å². The summed E-state index contributed by atoms with van der Waals surface area (Å²) in [4.78, 5) is 44.8. The molecule has 4 atom stereocenters. The number of carbonyl (C=O) groups is 3. The molecule has 2 saturated carbocycles. The van der Waals surface area contributed by atoms with Crippen molar-refractivity contribution in [2.45, 2.75) is 52.0 Å². The van der Waals surface area contributed by atoms with E-state index in [0.717, 1.165) is 32.2 Å². The standard InChI is InChI=1S/C25H34N4O3S/c1-16(30)19-15-33-20(28-19)14-27-24(32)22-18-7-6-17(25(18)8-9-25)21(22)23(31)26-10-2-3-11-29-12-4-5-13-29/h6-7,15,17-18,21-22H,2-5,8-14H2,1H3,(H,26,31)(H,27,32)/t17-,18+,21-,22-/m1/s1. The molecule has 33 heavy (non-hydrogen) atoms. The number of carbonyl (C=O) groups excluding carboxylic acids is 3. The first-order valence-electron chi connectivity index (χ1n) is 12.4. The van der Waals surface area contributed by atoms with E-state index in [9.17, 15) is 14.4 Å². The number of allylic oxidation sites excluding steroid dienone is 2. The van der Waals surface area contributed by atoms with Crippen molar-refractivity contribution in [1.82, 2.24) is 20.5 Å². The monoisotopic (exact) mass is 470 g/mol. The number of unbranched alkanes of at least 4 members (excludes halogenated alkanes) is 1. The zero-order valence-corrected chi connectivity index (χ0v) is 20.2. The molecule has 0 aromatic carbocycles. The number of hydrogen-bond acceptors (Lipinski definition) is 6. The van der Waals surface area contributed by atoms with E-state index in [0.29, 0.717) is 23.8 Å². The van der Waals surface area contributed by atoms with E-state index in [1.807, 2.05) is 0 Å². The van der Waals surface area contributed by atoms with Crippen LogP contribution in [0.5, 0.6) is 0 Å². The second kappa shape index (κ2) is 9.29. The lowest BCUT2D eigenvalue weighted by atomic mass is 9.81. The maximum Gasteiger partial charge on any atom is 0.224 e. The Morgan fingerprint density at radius 3 is 2.33 bits per heavy atom. The van der Waals surface area contributed by atoms with E-state index in [-0.39, 0.29) is 46.7 Å². The van der Waals surface area contributed by atoms with Gasteiger partial charge in [-0.15, -0.1) is 11.3 Å². The molecular weight excluding hydrogens is 436 g/mol. The minimum Gasteiger partial charge on any atom is -0.356 e. The number of amides is 2. The minimum absolute atomic E-state index is 0.0348. The SMILES string of the molecule is CC(=O)c1csc(CNC(=O)[C@H]2[C@H](C(=O)NCCCCN3CCCC3)[C@H]3C=C[C@@H]2C32CC2)n1. The van der Waals surface area contributed by atoms with E-state index in [1.165, 1.54) is 44.2 Å². The summed E-state index contributed by atoms with van der Waals surface area (Å²) >= 11 is 1.38. The maximum atomic E-state index is 13.3. The van der Waals surface area contributed by atoms with Gasteiger partial charge >= 0.3 is 0 Å². The minimum atomic E-state index is -0.320. The lowest BCUT2D eigenvalue weighted by Crippen LogP contribution is -2.44. The van der Waals surface area contributed by atoms with Gasteiger partial charge in [0.25, 0.3) is 0 Å². The van der Waals surface area contributed by atoms with Gasteiger partial charge < -0.3 is 15.5 Å². The summed E-state index contributed by atoms with van der Waals surface area (Å²) in [6.45, 7) is 6.00. The first kappa shape index (κ1) is 22.7. The number of ketones is 1. The van der Waals surface area contributed by atoms with Crippen molar-refractivity contribution in [3.8, 4) is 0 Å². The molecule has 8 heteroatoms. The summed E-state index contributed by atoms with van der Waals surface area (Å²) in [7, 11) is 0. The lowest BCUT2D eigenvalue weighted by molar-refractivity contribution is -0.135. The third-order valence-corrected chi connectivity index (χ3v) is 9.02. The van der Waals surface area contributed by atoms with Gasteiger partial charge in [-0.05, 0) is 75.4 Å². The number of hydrogen-bond donors (Lipinski definition) is 2. The van der Waals surface area contributed by atoms with E-state index in [1.54, 1.807) is 5.38 Å². The number of Topliss-reactive ketones (excluding diaryl/α,β-unsaturated/α-hetero) is 1. The third kappa shape index (κ3) is 4.39. The van der Waals surface area contributed by atoms with Gasteiger partial charge in [0.05, 0.1) is 18.4 Å². The highest BCUT2D eigenvalue weighted by Crippen LogP contribution is 2.72. The van der Waals surface area contributed by atoms with Crippen molar-refractivity contribution < 1.29 is 14.4 Å². The van der Waals surface area contributed by atoms with Gasteiger partial charge in [-0.2, -0.15) is 0 Å². The molecule has 178 valence electrons. The molecule has 4 aliphatic rings. The van der Waals surface area contributed by atoms with Gasteiger partial charge in [-0.1, -0.05) is 12.2 Å². The molecular formula is C25H34N4O3S. The average molecular weight is 471 g/mol. The molecule has 2 N–H and O–H groups in total. The number of likely N-dealkylation sites (tertiary alicyclic amines) is 1. The zero-order chi connectivity index (χ0) is 23.0. The highest BCUT2D eigenvalue weighted by atomic mass is 32.1. The van der Waals surface area contributed by atoms with Gasteiger partial charge in [0.2, 0.25) is 11.8 Å². The number of nitrogens with one attached hydrogen (secondary N) is 2. The maximum absolute atomic E-state index is 13.3. The molecule has 7 nitrogen and oxygen atoms in total. The summed E-state index contributed by atoms with van der Waals surface area (Å²) in [5, 5.41) is 8.61. The molecule has 5 rings (SSSR count). The van der Waals surface area contributed by atoms with Crippen molar-refractivity contribution in [2.24, 2.45) is 29.1 Å². The van der Waals surface area contributed by atoms with E-state index in [4.69, 9.17) is 0 Å². The molecule has 2 bridgehead atoms. The zero-order valence-electron chi connectivity index (χ0n) is 19.3. The Balaban J connectivity index is 1.17. The fraction of sp³-hybridized carbons (Fsp3) is 0.680. The molecule has 1 aliphatic heterocycles. The van der Waals surface area contributed by atoms with E-state index >= 15 is 0 Å². The summed E-state index contributed by atoms with van der Waals surface area (Å²) in [5.41, 5.74) is 0.564. The van der Waals surface area contributed by atoms with Gasteiger partial charge in [0.1, 0.15) is 10.7 Å². The Bertz CT molecular complexity index is 947. The van der Waals surface area contributed by atoms with Crippen molar-refractivity contribution in [3.05, 3.63) is 28.2 Å². The molecule has 1 saturated heterocycles. The highest BCUT2D eigenvalue weighted by molar-refractivity contribution is 7.09. The van der Waals surface area contributed by atoms with Crippen molar-refractivity contribution in [2.75, 3.05) is 26.2 Å². The van der Waals surface area contributed by atoms with Crippen molar-refractivity contribution in [1.29, 1.82) is 0 Å². The number of aromatic nitrogens is 1. The van der Waals surface area contributed by atoms with Crippen LogP contribution in [0.15, 0.2) is 17.5 Å². The quantitative estimate of drug-likeness (QED) is 0.312. The molecule has 2 heterocycles. The van der Waals surface area contributed by atoms with Crippen LogP contribution in [0.1, 0.15) is 60.9 Å². The summed E-state index contributed by atoms with van der Waals surface area (Å²) in [6, 6.07) is 0. The predicted octanol–water partition coefficient (Wildman–Crippen LogP) is 2.78. The van der Waals surface area contributed by atoms with Crippen LogP contribution < -0.4 is 10.6 Å². The normalized spacial score (nSPS) is 29.0. The van der Waals surface area contributed by atoms with E-state index in [2.05, 4.69) is 32.7 Å². The van der Waals surface area contributed by atoms with Crippen LogP contribution in [0.4, 0.5) is 0 Å². The van der Waals surface area contributed by atoms with Crippen LogP contribution >= 0.6 is 11.3 Å². The Labute approximate surface area is 199 Å². The van der Waals surface area contributed by atoms with Gasteiger partial charge in [0.15, 0.2) is 5.78 Å². The first-order valence-corrected chi connectivity index (χ1v) is 13.3. The van der Waals surface area contributed by atoms with Crippen molar-refractivity contribution in [3.63, 3.8) is 0 Å². The predicted molar refractivity (Wildman–Crippen MR) is 127 cm³/mol. The second-order valence-electron chi connectivity index (χ2n) is 10.2. The van der Waals surface area contributed by atoms with Gasteiger partial charge in [-0.3, -0.25) is 14.4 Å². The molecule has 1 aromatic heterocycles. The summed E-state index contributed by atoms with van der Waals surface area (Å²) in [6.07, 6.45) is 11.3. The largest absolute Gasteiger partial charge is 0.356 e. The van der Waals surface area contributed by atoms with Gasteiger partial charge in [-0.25, -0.2) is 4.98 Å². The Hall–Kier alpha value is -2.06. The highest BCUT2D eigenvalue weighted by Gasteiger charge is 2.69. The van der Waals surface area contributed by atoms with Gasteiger partial charge in [0, 0.05) is 18.8 Å². The second-order valence-corrected chi connectivity index (χ2v) is 11.1. The molecule has 1 aromatic rings. The topological polar surface area (TPSA) is 91.4 Å². The third-order valence-electron chi connectivity index (χ3n) is 8.17. The Kier molecular flexibility index (Phi) is 6.40. The molecule has 1 spiro atoms. The van der Waals surface area contributed by atoms with Crippen LogP contribution in [0, 0.1) is 29.1 Å². The average Bonchev–Trinajstić information content (AvgIpc) is 3.16. The molecule has 3 fully saturated rings. The van der Waals surface area contributed by atoms with Crippen LogP contribution in [0.3, 0.4) is 0 Å². The first-order chi connectivity index (χ1) is 16.0. The number of nitrogens with zero attached hydrogens (tertiary/aromatic N) is 2. The van der Waals surface area contributed by atoms with Crippen LogP contribution in [-0.2, 0) is 16.1 Å². The Morgan fingerprint density at radius 2 is 1.73 bits per heavy atom. The molecule has 0 unspecified atom stereocenters. The lowest BCUT2D eigenvalue weighted by Gasteiger charge is -2.26. The van der Waals surface area contributed by atoms with Crippen LogP contribution in [0.25, 0.3) is 0 Å². The Morgan fingerprint density at radius 1 is 1.06 bits per heavy atom. The molecule has 3 aliphatic carbocycles.